The van der Waals surface area contributed by atoms with Crippen molar-refractivity contribution in [2.75, 3.05) is 0 Å². The SMILES string of the molecule is Cc1cccc(C)c1N=C(c1ccccc1)c1cccc(C(=Nc2c(C)cccc2C)c2ccccc2)n1.[Cl][Fe][Cl]. The van der Waals surface area contributed by atoms with E-state index in [9.17, 15) is 0 Å². The Kier molecular flexibility index (Phi) is 11.1. The van der Waals surface area contributed by atoms with Crippen molar-refractivity contribution in [2.24, 2.45) is 9.98 Å². The zero-order chi connectivity index (χ0) is 29.2. The van der Waals surface area contributed by atoms with Gasteiger partial charge < -0.3 is 0 Å². The number of pyridine rings is 1. The van der Waals surface area contributed by atoms with E-state index in [-0.39, 0.29) is 13.1 Å². The van der Waals surface area contributed by atoms with Gasteiger partial charge in [-0.3, -0.25) is 0 Å². The molecule has 0 amide bonds. The molecule has 3 nitrogen and oxygen atoms in total. The van der Waals surface area contributed by atoms with E-state index in [2.05, 4.69) is 88.4 Å². The Bertz CT molecular complexity index is 1510. The summed E-state index contributed by atoms with van der Waals surface area (Å²) >= 11 is 0.194. The third-order valence-corrected chi connectivity index (χ3v) is 6.65. The van der Waals surface area contributed by atoms with Gasteiger partial charge in [-0.15, -0.1) is 0 Å². The molecule has 0 spiro atoms. The van der Waals surface area contributed by atoms with E-state index in [4.69, 9.17) is 35.2 Å². The summed E-state index contributed by atoms with van der Waals surface area (Å²) in [7, 11) is 9.53. The van der Waals surface area contributed by atoms with Gasteiger partial charge in [0, 0.05) is 11.1 Å². The first-order valence-electron chi connectivity index (χ1n) is 13.2. The monoisotopic (exact) mass is 619 g/mol. The Balaban J connectivity index is 0.00000124. The molecular weight excluding hydrogens is 589 g/mol. The van der Waals surface area contributed by atoms with E-state index >= 15 is 0 Å². The van der Waals surface area contributed by atoms with Crippen LogP contribution >= 0.6 is 20.2 Å². The van der Waals surface area contributed by atoms with Gasteiger partial charge >= 0.3 is 33.3 Å². The van der Waals surface area contributed by atoms with E-state index in [1.165, 1.54) is 0 Å². The molecule has 5 aromatic rings. The number of hydrogen-bond acceptors (Lipinski definition) is 3. The van der Waals surface area contributed by atoms with Crippen molar-refractivity contribution in [1.82, 2.24) is 4.98 Å². The minimum atomic E-state index is 0.194. The van der Waals surface area contributed by atoms with Crippen LogP contribution in [0.5, 0.6) is 0 Å². The normalized spacial score (nSPS) is 11.7. The number of para-hydroxylation sites is 2. The number of nitrogens with zero attached hydrogens (tertiary/aromatic N) is 3. The fourth-order valence-corrected chi connectivity index (χ4v) is 4.62. The molecule has 0 N–H and O–H groups in total. The van der Waals surface area contributed by atoms with Crippen LogP contribution in [-0.4, -0.2) is 16.4 Å². The van der Waals surface area contributed by atoms with Crippen LogP contribution in [0.15, 0.2) is 125 Å². The predicted molar refractivity (Wildman–Crippen MR) is 171 cm³/mol. The molecule has 0 unspecified atom stereocenters. The molecule has 1 aromatic heterocycles. The second-order valence-corrected chi connectivity index (χ2v) is 11.4. The molecule has 0 saturated heterocycles. The van der Waals surface area contributed by atoms with Crippen LogP contribution < -0.4 is 0 Å². The molecule has 0 aliphatic heterocycles. The fraction of sp³-hybridized carbons (Fsp3) is 0.114. The van der Waals surface area contributed by atoms with Gasteiger partial charge in [0.25, 0.3) is 0 Å². The summed E-state index contributed by atoms with van der Waals surface area (Å²) in [5.74, 6) is 0. The molecule has 0 fully saturated rings. The molecule has 0 atom stereocenters. The summed E-state index contributed by atoms with van der Waals surface area (Å²) in [6.07, 6.45) is 0. The maximum atomic E-state index is 5.20. The number of hydrogen-bond donors (Lipinski definition) is 0. The Morgan fingerprint density at radius 1 is 0.488 bits per heavy atom. The standard InChI is InChI=1S/C35H31N3.2ClH.Fe/c1-24-14-11-15-25(2)32(24)37-34(28-18-7-5-8-19-28)30-22-13-23-31(36-30)35(29-20-9-6-10-21-29)38-33-26(3)16-12-17-27(33)4;;;/h5-23H,1-4H3;2*1H;/q;;;+2/p-2. The number of aliphatic imine (C=N–C) groups is 2. The van der Waals surface area contributed by atoms with Crippen LogP contribution in [0.1, 0.15) is 44.8 Å². The molecule has 0 aliphatic carbocycles. The molecule has 41 heavy (non-hydrogen) atoms. The van der Waals surface area contributed by atoms with Crippen molar-refractivity contribution in [3.63, 3.8) is 0 Å². The average molecular weight is 620 g/mol. The molecule has 0 saturated carbocycles. The molecule has 6 heteroatoms. The Labute approximate surface area is 257 Å². The van der Waals surface area contributed by atoms with Gasteiger partial charge in [-0.05, 0) is 62.1 Å². The van der Waals surface area contributed by atoms with E-state index in [1.54, 1.807) is 0 Å². The van der Waals surface area contributed by atoms with Gasteiger partial charge in [-0.1, -0.05) is 103 Å². The van der Waals surface area contributed by atoms with Crippen molar-refractivity contribution in [3.05, 3.63) is 160 Å². The summed E-state index contributed by atoms with van der Waals surface area (Å²) < 4.78 is 0. The summed E-state index contributed by atoms with van der Waals surface area (Å²) in [4.78, 5) is 15.6. The zero-order valence-electron chi connectivity index (χ0n) is 23.4. The molecule has 4 aromatic carbocycles. The molecular formula is C35H31Cl2FeN3. The first-order valence-corrected chi connectivity index (χ1v) is 16.2. The average Bonchev–Trinajstić information content (AvgIpc) is 2.98. The Hall–Kier alpha value is -3.53. The van der Waals surface area contributed by atoms with Crippen LogP contribution in [0.4, 0.5) is 11.4 Å². The maximum absolute atomic E-state index is 5.20. The van der Waals surface area contributed by atoms with Gasteiger partial charge in [-0.25, -0.2) is 15.0 Å². The van der Waals surface area contributed by atoms with Crippen molar-refractivity contribution in [2.45, 2.75) is 27.7 Å². The number of rotatable bonds is 6. The molecule has 0 bridgehead atoms. The predicted octanol–water partition coefficient (Wildman–Crippen LogP) is 10.0. The number of aromatic nitrogens is 1. The van der Waals surface area contributed by atoms with Gasteiger partial charge in [0.2, 0.25) is 0 Å². The third kappa shape index (κ3) is 7.81. The molecule has 0 radical (unpaired) electrons. The molecule has 1 heterocycles. The van der Waals surface area contributed by atoms with Crippen molar-refractivity contribution in [3.8, 4) is 0 Å². The van der Waals surface area contributed by atoms with E-state index in [0.717, 1.165) is 67.6 Å². The number of aryl methyl sites for hydroxylation is 4. The van der Waals surface area contributed by atoms with Crippen LogP contribution in [0.3, 0.4) is 0 Å². The Morgan fingerprint density at radius 2 is 0.805 bits per heavy atom. The van der Waals surface area contributed by atoms with Crippen molar-refractivity contribution < 1.29 is 13.1 Å². The quantitative estimate of drug-likeness (QED) is 0.138. The van der Waals surface area contributed by atoms with Crippen molar-refractivity contribution >= 4 is 43.0 Å². The second-order valence-electron chi connectivity index (χ2n) is 9.59. The van der Waals surface area contributed by atoms with Gasteiger partial charge in [0.1, 0.15) is 0 Å². The van der Waals surface area contributed by atoms with Crippen molar-refractivity contribution in [1.29, 1.82) is 0 Å². The summed E-state index contributed by atoms with van der Waals surface area (Å²) in [6.45, 7) is 8.40. The van der Waals surface area contributed by atoms with Gasteiger partial charge in [0.05, 0.1) is 34.2 Å². The first kappa shape index (κ1) is 30.4. The third-order valence-electron chi connectivity index (χ3n) is 6.65. The summed E-state index contributed by atoms with van der Waals surface area (Å²) in [6, 6.07) is 39.2. The Morgan fingerprint density at radius 3 is 1.15 bits per heavy atom. The van der Waals surface area contributed by atoms with Crippen LogP contribution in [-0.2, 0) is 13.1 Å². The van der Waals surface area contributed by atoms with E-state index < -0.39 is 0 Å². The van der Waals surface area contributed by atoms with E-state index in [0.29, 0.717) is 0 Å². The van der Waals surface area contributed by atoms with Crippen LogP contribution in [0.25, 0.3) is 0 Å². The second kappa shape index (κ2) is 14.9. The zero-order valence-corrected chi connectivity index (χ0v) is 26.0. The topological polar surface area (TPSA) is 37.6 Å². The fourth-order valence-electron chi connectivity index (χ4n) is 4.62. The van der Waals surface area contributed by atoms with Crippen LogP contribution in [0.2, 0.25) is 0 Å². The molecule has 208 valence electrons. The van der Waals surface area contributed by atoms with Gasteiger partial charge in [-0.2, -0.15) is 0 Å². The van der Waals surface area contributed by atoms with E-state index in [1.807, 2.05) is 54.6 Å². The van der Waals surface area contributed by atoms with Gasteiger partial charge in [0.15, 0.2) is 0 Å². The number of halogens is 2. The molecule has 0 aliphatic rings. The first-order chi connectivity index (χ1) is 19.9. The van der Waals surface area contributed by atoms with Crippen LogP contribution in [0, 0.1) is 27.7 Å². The molecule has 5 rings (SSSR count). The minimum absolute atomic E-state index is 0.194. The number of benzene rings is 4. The summed E-state index contributed by atoms with van der Waals surface area (Å²) in [5.41, 5.74) is 11.8. The summed E-state index contributed by atoms with van der Waals surface area (Å²) in [5, 5.41) is 0.